The quantitative estimate of drug-likeness (QED) is 0.564. The molecule has 0 bridgehead atoms. The molecule has 0 N–H and O–H groups in total. The highest BCUT2D eigenvalue weighted by Gasteiger charge is 2.26. The van der Waals surface area contributed by atoms with Crippen molar-refractivity contribution in [2.45, 2.75) is 46.0 Å². The van der Waals surface area contributed by atoms with Crippen molar-refractivity contribution in [2.75, 3.05) is 49.2 Å². The van der Waals surface area contributed by atoms with E-state index in [9.17, 15) is 0 Å². The summed E-state index contributed by atoms with van der Waals surface area (Å²) in [7, 11) is 0. The van der Waals surface area contributed by atoms with E-state index in [4.69, 9.17) is 29.2 Å². The zero-order chi connectivity index (χ0) is 23.7. The molecule has 3 aromatic rings. The third-order valence-electron chi connectivity index (χ3n) is 6.06. The fourth-order valence-electron chi connectivity index (χ4n) is 4.62. The lowest BCUT2D eigenvalue weighted by Crippen LogP contribution is -2.46. The molecule has 0 spiro atoms. The summed E-state index contributed by atoms with van der Waals surface area (Å²) in [5.41, 5.74) is 2.61. The summed E-state index contributed by atoms with van der Waals surface area (Å²) in [6.07, 6.45) is 0.394. The van der Waals surface area contributed by atoms with Gasteiger partial charge in [0, 0.05) is 31.7 Å². The lowest BCUT2D eigenvalue weighted by Gasteiger charge is -2.36. The normalized spacial score (nSPS) is 21.3. The van der Waals surface area contributed by atoms with Crippen LogP contribution in [0.2, 0.25) is 0 Å². The molecule has 2 aliphatic heterocycles. The van der Waals surface area contributed by atoms with Gasteiger partial charge >= 0.3 is 0 Å². The zero-order valence-corrected chi connectivity index (χ0v) is 20.4. The summed E-state index contributed by atoms with van der Waals surface area (Å²) in [4.78, 5) is 19.4. The van der Waals surface area contributed by atoms with Crippen LogP contribution in [0.25, 0.3) is 22.3 Å². The Morgan fingerprint density at radius 1 is 0.882 bits per heavy atom. The van der Waals surface area contributed by atoms with Gasteiger partial charge in [-0.25, -0.2) is 4.98 Å². The summed E-state index contributed by atoms with van der Waals surface area (Å²) in [5, 5.41) is 0.962. The monoisotopic (exact) mass is 463 g/mol. The predicted octanol–water partition coefficient (Wildman–Crippen LogP) is 3.93. The molecule has 4 heterocycles. The third-order valence-corrected chi connectivity index (χ3v) is 6.06. The van der Waals surface area contributed by atoms with Gasteiger partial charge in [-0.2, -0.15) is 9.97 Å². The van der Waals surface area contributed by atoms with E-state index in [2.05, 4.69) is 29.7 Å². The average Bonchev–Trinajstić information content (AvgIpc) is 2.83. The highest BCUT2D eigenvalue weighted by atomic mass is 16.5. The van der Waals surface area contributed by atoms with Gasteiger partial charge in [-0.05, 0) is 64.1 Å². The van der Waals surface area contributed by atoms with Crippen LogP contribution in [0.1, 0.15) is 27.7 Å². The number of benzene rings is 1. The van der Waals surface area contributed by atoms with Crippen LogP contribution in [0, 0.1) is 0 Å². The number of hydrogen-bond acceptors (Lipinski definition) is 8. The number of aromatic nitrogens is 3. The van der Waals surface area contributed by atoms with Crippen LogP contribution in [-0.2, 0) is 9.47 Å². The van der Waals surface area contributed by atoms with Crippen molar-refractivity contribution in [2.24, 2.45) is 0 Å². The first kappa shape index (κ1) is 22.8. The van der Waals surface area contributed by atoms with E-state index >= 15 is 0 Å². The molecule has 2 atom stereocenters. The van der Waals surface area contributed by atoms with Crippen molar-refractivity contribution in [1.29, 1.82) is 0 Å². The highest BCUT2D eigenvalue weighted by molar-refractivity contribution is 5.90. The molecule has 2 saturated heterocycles. The van der Waals surface area contributed by atoms with Crippen molar-refractivity contribution < 1.29 is 14.2 Å². The molecule has 0 saturated carbocycles. The van der Waals surface area contributed by atoms with Gasteiger partial charge in [0.15, 0.2) is 5.65 Å². The Morgan fingerprint density at radius 3 is 2.26 bits per heavy atom. The second kappa shape index (κ2) is 9.72. The number of morpholine rings is 2. The summed E-state index contributed by atoms with van der Waals surface area (Å²) >= 11 is 0. The Kier molecular flexibility index (Phi) is 6.52. The first-order valence-corrected chi connectivity index (χ1v) is 12.2. The Morgan fingerprint density at radius 2 is 1.59 bits per heavy atom. The minimum atomic E-state index is 0.126. The summed E-state index contributed by atoms with van der Waals surface area (Å²) < 4.78 is 17.3. The third kappa shape index (κ3) is 4.93. The topological polar surface area (TPSA) is 72.8 Å². The maximum absolute atomic E-state index is 5.93. The molecule has 8 heteroatoms. The zero-order valence-electron chi connectivity index (χ0n) is 20.4. The maximum Gasteiger partial charge on any atom is 0.229 e. The van der Waals surface area contributed by atoms with Crippen LogP contribution < -0.4 is 14.5 Å². The van der Waals surface area contributed by atoms with Gasteiger partial charge in [-0.15, -0.1) is 0 Å². The predicted molar refractivity (Wildman–Crippen MR) is 134 cm³/mol. The van der Waals surface area contributed by atoms with E-state index in [-0.39, 0.29) is 18.3 Å². The second-order valence-electron chi connectivity index (χ2n) is 9.37. The molecule has 180 valence electrons. The molecular formula is C26H33N5O3. The lowest BCUT2D eigenvalue weighted by atomic mass is 10.1. The van der Waals surface area contributed by atoms with E-state index in [0.29, 0.717) is 24.8 Å². The summed E-state index contributed by atoms with van der Waals surface area (Å²) in [6, 6.07) is 12.2. The molecule has 2 aliphatic rings. The van der Waals surface area contributed by atoms with Crippen molar-refractivity contribution in [1.82, 2.24) is 15.0 Å². The largest absolute Gasteiger partial charge is 0.491 e. The smallest absolute Gasteiger partial charge is 0.229 e. The number of pyridine rings is 1. The summed E-state index contributed by atoms with van der Waals surface area (Å²) in [6.45, 7) is 12.8. The molecule has 0 unspecified atom stereocenters. The summed E-state index contributed by atoms with van der Waals surface area (Å²) in [5.74, 6) is 2.49. The molecule has 0 aliphatic carbocycles. The first-order chi connectivity index (χ1) is 16.5. The van der Waals surface area contributed by atoms with Crippen LogP contribution in [0.5, 0.6) is 5.75 Å². The number of hydrogen-bond donors (Lipinski definition) is 0. The SMILES string of the molecule is CC(C)Oc1ccc(-c2ccc3c(N4CCOCC4)nc(N4C[C@@H](C)O[C@@H](C)C4)nc3n2)cc1. The van der Waals surface area contributed by atoms with E-state index in [1.165, 1.54) is 0 Å². The van der Waals surface area contributed by atoms with Gasteiger partial charge in [-0.3, -0.25) is 0 Å². The molecule has 2 fully saturated rings. The number of rotatable bonds is 5. The Bertz CT molecular complexity index is 1120. The highest BCUT2D eigenvalue weighted by Crippen LogP contribution is 2.30. The standard InChI is InChI=1S/C26H33N5O3/c1-17(2)33-21-7-5-20(6-8-21)23-10-9-22-24(27-23)28-26(31-15-18(3)34-19(4)16-31)29-25(22)30-11-13-32-14-12-30/h5-10,17-19H,11-16H2,1-4H3/t18-,19+. The lowest BCUT2D eigenvalue weighted by molar-refractivity contribution is -0.00570. The van der Waals surface area contributed by atoms with E-state index < -0.39 is 0 Å². The van der Waals surface area contributed by atoms with E-state index in [1.54, 1.807) is 0 Å². The van der Waals surface area contributed by atoms with Crippen LogP contribution >= 0.6 is 0 Å². The number of fused-ring (bicyclic) bond motifs is 1. The van der Waals surface area contributed by atoms with Gasteiger partial charge in [0.1, 0.15) is 11.6 Å². The molecule has 0 amide bonds. The molecule has 8 nitrogen and oxygen atoms in total. The molecule has 2 aromatic heterocycles. The minimum absolute atomic E-state index is 0.126. The van der Waals surface area contributed by atoms with Gasteiger partial charge in [0.25, 0.3) is 0 Å². The van der Waals surface area contributed by atoms with Crippen molar-refractivity contribution in [3.8, 4) is 17.0 Å². The number of nitrogens with zero attached hydrogens (tertiary/aromatic N) is 5. The molecule has 5 rings (SSSR count). The molecular weight excluding hydrogens is 430 g/mol. The second-order valence-corrected chi connectivity index (χ2v) is 9.37. The molecule has 1 aromatic carbocycles. The van der Waals surface area contributed by atoms with Crippen molar-refractivity contribution in [3.05, 3.63) is 36.4 Å². The Labute approximate surface area is 200 Å². The minimum Gasteiger partial charge on any atom is -0.491 e. The van der Waals surface area contributed by atoms with Crippen molar-refractivity contribution >= 4 is 22.8 Å². The molecule has 0 radical (unpaired) electrons. The molecule has 34 heavy (non-hydrogen) atoms. The Hall–Kier alpha value is -2.97. The Balaban J connectivity index is 1.55. The maximum atomic E-state index is 5.93. The van der Waals surface area contributed by atoms with E-state index in [0.717, 1.165) is 54.4 Å². The fraction of sp³-hybridized carbons (Fsp3) is 0.500. The number of anilines is 2. The first-order valence-electron chi connectivity index (χ1n) is 12.2. The number of ether oxygens (including phenoxy) is 3. The van der Waals surface area contributed by atoms with Crippen LogP contribution in [0.15, 0.2) is 36.4 Å². The van der Waals surface area contributed by atoms with Crippen molar-refractivity contribution in [3.63, 3.8) is 0 Å². The van der Waals surface area contributed by atoms with Crippen LogP contribution in [-0.4, -0.2) is 72.7 Å². The van der Waals surface area contributed by atoms with Crippen LogP contribution in [0.4, 0.5) is 11.8 Å². The van der Waals surface area contributed by atoms with E-state index in [1.807, 2.05) is 44.2 Å². The average molecular weight is 464 g/mol. The van der Waals surface area contributed by atoms with Gasteiger partial charge < -0.3 is 24.0 Å². The fourth-order valence-corrected chi connectivity index (χ4v) is 4.62. The van der Waals surface area contributed by atoms with Gasteiger partial charge in [0.2, 0.25) is 5.95 Å². The van der Waals surface area contributed by atoms with Gasteiger partial charge in [0.05, 0.1) is 42.6 Å². The van der Waals surface area contributed by atoms with Crippen LogP contribution in [0.3, 0.4) is 0 Å². The van der Waals surface area contributed by atoms with Gasteiger partial charge in [-0.1, -0.05) is 0 Å².